The molecule has 1 aliphatic rings. The van der Waals surface area contributed by atoms with Gasteiger partial charge in [-0.05, 0) is 33.0 Å². The number of hydrogen-bond donors (Lipinski definition) is 2. The molecule has 1 unspecified atom stereocenters. The molecule has 5 heteroatoms. The zero-order valence-electron chi connectivity index (χ0n) is 9.15. The van der Waals surface area contributed by atoms with Crippen LogP contribution in [0.25, 0.3) is 0 Å². The number of thiocarbonyl (C=S) groups is 1. The van der Waals surface area contributed by atoms with Gasteiger partial charge < -0.3 is 5.32 Å². The first-order valence-electron chi connectivity index (χ1n) is 4.77. The van der Waals surface area contributed by atoms with Gasteiger partial charge in [-0.25, -0.2) is 0 Å². The van der Waals surface area contributed by atoms with Crippen LogP contribution in [-0.2, 0) is 4.79 Å². The van der Waals surface area contributed by atoms with Crippen molar-refractivity contribution in [3.63, 3.8) is 0 Å². The molecule has 15 heavy (non-hydrogen) atoms. The van der Waals surface area contributed by atoms with Crippen LogP contribution in [-0.4, -0.2) is 32.8 Å². The number of hydrogen-bond acceptors (Lipinski definition) is 3. The molecule has 1 heterocycles. The minimum atomic E-state index is -0.434. The van der Waals surface area contributed by atoms with Crippen LogP contribution in [0.2, 0.25) is 0 Å². The molecular weight excluding hydrogens is 228 g/mol. The van der Waals surface area contributed by atoms with Gasteiger partial charge in [0.1, 0.15) is 6.04 Å². The van der Waals surface area contributed by atoms with Gasteiger partial charge in [-0.1, -0.05) is 6.08 Å². The van der Waals surface area contributed by atoms with E-state index in [1.54, 1.807) is 11.0 Å². The summed E-state index contributed by atoms with van der Waals surface area (Å²) in [4.78, 5) is 13.6. The summed E-state index contributed by atoms with van der Waals surface area (Å²) in [6.45, 7) is 9.31. The van der Waals surface area contributed by atoms with Gasteiger partial charge in [0, 0.05) is 4.75 Å². The van der Waals surface area contributed by atoms with Crippen molar-refractivity contribution >= 4 is 35.9 Å². The van der Waals surface area contributed by atoms with Gasteiger partial charge >= 0.3 is 0 Å². The molecule has 0 radical (unpaired) electrons. The number of rotatable bonds is 3. The Morgan fingerprint density at radius 2 is 2.27 bits per heavy atom. The summed E-state index contributed by atoms with van der Waals surface area (Å²) in [5.41, 5.74) is 0. The molecule has 1 amide bonds. The Hall–Kier alpha value is -0.550. The van der Waals surface area contributed by atoms with Crippen LogP contribution >= 0.6 is 24.8 Å². The minimum absolute atomic E-state index is 0.0348. The highest BCUT2D eigenvalue weighted by Crippen LogP contribution is 2.24. The van der Waals surface area contributed by atoms with Crippen LogP contribution in [0.1, 0.15) is 20.8 Å². The topological polar surface area (TPSA) is 32.3 Å². The summed E-state index contributed by atoms with van der Waals surface area (Å²) in [6.07, 6.45) is 1.69. The van der Waals surface area contributed by atoms with Gasteiger partial charge in [-0.2, -0.15) is 12.6 Å². The van der Waals surface area contributed by atoms with E-state index in [9.17, 15) is 4.79 Å². The lowest BCUT2D eigenvalue weighted by molar-refractivity contribution is -0.128. The second-order valence-electron chi connectivity index (χ2n) is 4.22. The predicted octanol–water partition coefficient (Wildman–Crippen LogP) is 1.35. The van der Waals surface area contributed by atoms with Crippen LogP contribution in [0.4, 0.5) is 0 Å². The van der Waals surface area contributed by atoms with E-state index in [-0.39, 0.29) is 18.0 Å². The van der Waals surface area contributed by atoms with Gasteiger partial charge in [-0.3, -0.25) is 9.69 Å². The van der Waals surface area contributed by atoms with Crippen molar-refractivity contribution in [3.8, 4) is 0 Å². The SMILES string of the molecule is C=CC(C)N1C(=O)[C@@H](C(C)(C)S)NC1=S. The van der Waals surface area contributed by atoms with Crippen molar-refractivity contribution in [2.45, 2.75) is 37.6 Å². The second kappa shape index (κ2) is 4.14. The minimum Gasteiger partial charge on any atom is -0.349 e. The Bertz CT molecular complexity index is 309. The molecular formula is C10H16N2OS2. The monoisotopic (exact) mass is 244 g/mol. The molecule has 0 aromatic heterocycles. The Kier molecular flexibility index (Phi) is 3.45. The number of carbonyl (C=O) groups excluding carboxylic acids is 1. The molecule has 0 aromatic rings. The van der Waals surface area contributed by atoms with Crippen molar-refractivity contribution in [1.82, 2.24) is 10.2 Å². The average molecular weight is 244 g/mol. The van der Waals surface area contributed by atoms with Crippen LogP contribution < -0.4 is 5.32 Å². The van der Waals surface area contributed by atoms with E-state index in [0.29, 0.717) is 5.11 Å². The molecule has 1 aliphatic heterocycles. The fourth-order valence-electron chi connectivity index (χ4n) is 1.46. The molecule has 1 rings (SSSR count). The average Bonchev–Trinajstić information content (AvgIpc) is 2.40. The third-order valence-corrected chi connectivity index (χ3v) is 3.00. The first kappa shape index (κ1) is 12.5. The fourth-order valence-corrected chi connectivity index (χ4v) is 2.01. The lowest BCUT2D eigenvalue weighted by Gasteiger charge is -2.24. The van der Waals surface area contributed by atoms with Crippen LogP contribution in [0.15, 0.2) is 12.7 Å². The van der Waals surface area contributed by atoms with Crippen LogP contribution in [0.5, 0.6) is 0 Å². The van der Waals surface area contributed by atoms with Gasteiger partial charge in [0.25, 0.3) is 5.91 Å². The maximum Gasteiger partial charge on any atom is 0.253 e. The summed E-state index contributed by atoms with van der Waals surface area (Å²) in [7, 11) is 0. The van der Waals surface area contributed by atoms with Crippen molar-refractivity contribution in [1.29, 1.82) is 0 Å². The van der Waals surface area contributed by atoms with Gasteiger partial charge in [0.2, 0.25) is 0 Å². The predicted molar refractivity (Wildman–Crippen MR) is 69.1 cm³/mol. The Morgan fingerprint density at radius 3 is 2.60 bits per heavy atom. The number of nitrogens with zero attached hydrogens (tertiary/aromatic N) is 1. The van der Waals surface area contributed by atoms with E-state index >= 15 is 0 Å². The second-order valence-corrected chi connectivity index (χ2v) is 5.76. The normalized spacial score (nSPS) is 24.0. The Labute approximate surface area is 101 Å². The first-order chi connectivity index (χ1) is 6.79. The van der Waals surface area contributed by atoms with E-state index < -0.39 is 4.75 Å². The highest BCUT2D eigenvalue weighted by molar-refractivity contribution is 7.82. The quantitative estimate of drug-likeness (QED) is 0.447. The molecule has 0 spiro atoms. The van der Waals surface area contributed by atoms with E-state index in [4.69, 9.17) is 12.2 Å². The van der Waals surface area contributed by atoms with Crippen LogP contribution in [0, 0.1) is 0 Å². The molecule has 1 N–H and O–H groups in total. The molecule has 2 atom stereocenters. The van der Waals surface area contributed by atoms with E-state index in [1.165, 1.54) is 0 Å². The molecule has 0 aromatic carbocycles. The summed E-state index contributed by atoms with van der Waals surface area (Å²) < 4.78 is -0.434. The highest BCUT2D eigenvalue weighted by atomic mass is 32.1. The molecule has 0 saturated carbocycles. The van der Waals surface area contributed by atoms with Gasteiger partial charge in [-0.15, -0.1) is 6.58 Å². The maximum absolute atomic E-state index is 12.0. The summed E-state index contributed by atoms with van der Waals surface area (Å²) in [6, 6.07) is -0.450. The maximum atomic E-state index is 12.0. The van der Waals surface area contributed by atoms with E-state index in [2.05, 4.69) is 24.5 Å². The third kappa shape index (κ3) is 2.34. The van der Waals surface area contributed by atoms with Crippen molar-refractivity contribution < 1.29 is 4.79 Å². The number of carbonyl (C=O) groups is 1. The zero-order valence-corrected chi connectivity index (χ0v) is 10.9. The smallest absolute Gasteiger partial charge is 0.253 e. The van der Waals surface area contributed by atoms with Crippen molar-refractivity contribution in [2.75, 3.05) is 0 Å². The number of amides is 1. The molecule has 1 saturated heterocycles. The van der Waals surface area contributed by atoms with Gasteiger partial charge in [0.05, 0.1) is 6.04 Å². The molecule has 0 aliphatic carbocycles. The standard InChI is InChI=1S/C10H16N2OS2/c1-5-6(2)12-8(13)7(10(3,4)15)11-9(12)14/h5-7,15H,1H2,2-4H3,(H,11,14)/t6?,7-/m0/s1. The molecule has 0 bridgehead atoms. The number of thiol groups is 1. The third-order valence-electron chi connectivity index (χ3n) is 2.43. The Balaban J connectivity index is 2.94. The summed E-state index contributed by atoms with van der Waals surface area (Å²) in [5.74, 6) is -0.0348. The van der Waals surface area contributed by atoms with E-state index in [1.807, 2.05) is 20.8 Å². The zero-order chi connectivity index (χ0) is 11.8. The van der Waals surface area contributed by atoms with E-state index in [0.717, 1.165) is 0 Å². The lowest BCUT2D eigenvalue weighted by Crippen LogP contribution is -2.45. The highest BCUT2D eigenvalue weighted by Gasteiger charge is 2.44. The summed E-state index contributed by atoms with van der Waals surface area (Å²) >= 11 is 9.51. The Morgan fingerprint density at radius 1 is 1.73 bits per heavy atom. The molecule has 3 nitrogen and oxygen atoms in total. The van der Waals surface area contributed by atoms with Crippen LogP contribution in [0.3, 0.4) is 0 Å². The van der Waals surface area contributed by atoms with Crippen molar-refractivity contribution in [3.05, 3.63) is 12.7 Å². The lowest BCUT2D eigenvalue weighted by atomic mass is 10.0. The summed E-state index contributed by atoms with van der Waals surface area (Å²) in [5, 5.41) is 3.45. The van der Waals surface area contributed by atoms with Gasteiger partial charge in [0.15, 0.2) is 5.11 Å². The number of nitrogens with one attached hydrogen (secondary N) is 1. The van der Waals surface area contributed by atoms with Crippen molar-refractivity contribution in [2.24, 2.45) is 0 Å². The fraction of sp³-hybridized carbons (Fsp3) is 0.600. The first-order valence-corrected chi connectivity index (χ1v) is 5.63. The largest absolute Gasteiger partial charge is 0.349 e. The molecule has 84 valence electrons. The molecule has 1 fully saturated rings.